The molecule has 8 atom stereocenters. The first-order valence-electron chi connectivity index (χ1n) is 51.1. The first-order chi connectivity index (χ1) is 69.1. The molecule has 15 aromatic rings. The number of hydrogen-bond donors (Lipinski definition) is 4. The Morgan fingerprint density at radius 3 is 1.47 bits per heavy atom. The van der Waals surface area contributed by atoms with E-state index in [2.05, 4.69) is 253 Å². The summed E-state index contributed by atoms with van der Waals surface area (Å²) in [7, 11) is 2.15. The van der Waals surface area contributed by atoms with Crippen molar-refractivity contribution in [3.05, 3.63) is 224 Å². The molecule has 20 heterocycles. The minimum atomic E-state index is 0. The Hall–Kier alpha value is -13.3. The number of rotatable bonds is 3. The van der Waals surface area contributed by atoms with Gasteiger partial charge in [0.15, 0.2) is 28.2 Å². The van der Waals surface area contributed by atoms with Crippen molar-refractivity contribution in [3.8, 4) is 84.5 Å². The summed E-state index contributed by atoms with van der Waals surface area (Å²) in [5, 5.41) is 36.9. The van der Waals surface area contributed by atoms with Crippen LogP contribution in [0.5, 0.6) is 28.7 Å². The Morgan fingerprint density at radius 2 is 0.895 bits per heavy atom. The third-order valence-corrected chi connectivity index (χ3v) is 30.5. The second-order valence-corrected chi connectivity index (χ2v) is 41.4. The Morgan fingerprint density at radius 1 is 0.413 bits per heavy atom. The van der Waals surface area contributed by atoms with E-state index in [0.29, 0.717) is 50.6 Å². The zero-order valence-electron chi connectivity index (χ0n) is 83.6. The lowest BCUT2D eigenvalue weighted by Crippen LogP contribution is -2.65. The van der Waals surface area contributed by atoms with Crippen LogP contribution < -0.4 is 49.9 Å². The van der Waals surface area contributed by atoms with Gasteiger partial charge in [0.25, 0.3) is 0 Å². The molecule has 10 aliphatic heterocycles. The summed E-state index contributed by atoms with van der Waals surface area (Å²) in [6.45, 7) is 45.5. The molecule has 0 radical (unpaired) electrons. The maximum absolute atomic E-state index is 6.42. The molecule has 11 aliphatic rings. The maximum atomic E-state index is 6.42. The van der Waals surface area contributed by atoms with Gasteiger partial charge < -0.3 is 49.9 Å². The molecule has 0 amide bonds. The predicted octanol–water partition coefficient (Wildman–Crippen LogP) is 16.1. The van der Waals surface area contributed by atoms with Crippen molar-refractivity contribution in [2.75, 3.05) is 184 Å². The van der Waals surface area contributed by atoms with Crippen LogP contribution in [0, 0.1) is 34.6 Å². The van der Waals surface area contributed by atoms with Crippen LogP contribution in [0.4, 0.5) is 29.1 Å². The van der Waals surface area contributed by atoms with Gasteiger partial charge in [-0.2, -0.15) is 20.4 Å². The molecule has 1 aliphatic carbocycles. The largest absolute Gasteiger partial charge is 0.492 e. The number of nitrogens with zero attached hydrogens (tertiary/aromatic N) is 23. The fourth-order valence-corrected chi connectivity index (χ4v) is 22.2. The number of ether oxygens (including phenoxy) is 5. The second-order valence-electron chi connectivity index (χ2n) is 41.4. The average Bonchev–Trinajstić information content (AvgIpc) is 1.73. The Bertz CT molecular complexity index is 7080. The van der Waals surface area contributed by atoms with E-state index >= 15 is 0 Å². The number of fused-ring (bicyclic) bond motifs is 28. The molecule has 32 heteroatoms. The number of likely N-dealkylation sites (N-methyl/N-ethyl adjacent to an activating group) is 1. The normalized spacial score (nSPS) is 22.4. The molecule has 4 N–H and O–H groups in total. The molecule has 0 spiro atoms. The van der Waals surface area contributed by atoms with Crippen molar-refractivity contribution < 1.29 is 23.7 Å². The lowest BCUT2D eigenvalue weighted by atomic mass is 9.95. The van der Waals surface area contributed by atoms with E-state index in [4.69, 9.17) is 48.7 Å². The molecule has 5 saturated heterocycles. The van der Waals surface area contributed by atoms with Crippen LogP contribution in [0.15, 0.2) is 196 Å². The van der Waals surface area contributed by atoms with Gasteiger partial charge in [0.1, 0.15) is 90.4 Å². The first-order valence-corrected chi connectivity index (χ1v) is 51.1. The van der Waals surface area contributed by atoms with Crippen molar-refractivity contribution >= 4 is 57.3 Å². The number of anilines is 5. The van der Waals surface area contributed by atoms with Crippen molar-refractivity contribution in [1.82, 2.24) is 107 Å². The molecule has 3 unspecified atom stereocenters. The van der Waals surface area contributed by atoms with Gasteiger partial charge in [-0.3, -0.25) is 34.3 Å². The molecule has 143 heavy (non-hydrogen) atoms. The Balaban J connectivity index is 0.000000106. The summed E-state index contributed by atoms with van der Waals surface area (Å²) in [6, 6.07) is 46.0. The quantitative estimate of drug-likeness (QED) is 0.120. The van der Waals surface area contributed by atoms with Crippen LogP contribution >= 0.6 is 0 Å². The number of nitrogens with one attached hydrogen (secondary N) is 4. The highest BCUT2D eigenvalue weighted by Crippen LogP contribution is 2.42. The van der Waals surface area contributed by atoms with E-state index in [9.17, 15) is 0 Å². The number of hydrogen-bond acceptors (Lipinski definition) is 27. The smallest absolute Gasteiger partial charge is 0.165 e. The summed E-state index contributed by atoms with van der Waals surface area (Å²) in [5.41, 5.74) is 21.3. The van der Waals surface area contributed by atoms with Gasteiger partial charge in [-0.15, -0.1) is 11.7 Å². The van der Waals surface area contributed by atoms with E-state index in [1.165, 1.54) is 53.5 Å². The molecule has 26 bridgehead atoms. The van der Waals surface area contributed by atoms with E-state index in [-0.39, 0.29) is 24.6 Å². The van der Waals surface area contributed by atoms with Crippen molar-refractivity contribution in [2.45, 2.75) is 162 Å². The van der Waals surface area contributed by atoms with Gasteiger partial charge in [-0.05, 0) is 261 Å². The van der Waals surface area contributed by atoms with E-state index in [1.54, 1.807) is 0 Å². The fraction of sp³-hybridized carbons (Fsp3) is 0.441. The van der Waals surface area contributed by atoms with Gasteiger partial charge in [0.05, 0.1) is 48.8 Å². The molecule has 6 fully saturated rings. The Kier molecular flexibility index (Phi) is 27.6. The highest BCUT2D eigenvalue weighted by Gasteiger charge is 2.46. The zero-order chi connectivity index (χ0) is 96.9. The minimum absolute atomic E-state index is 0. The number of aryl methyl sites for hydroxylation is 5. The summed E-state index contributed by atoms with van der Waals surface area (Å²) >= 11 is 0. The summed E-state index contributed by atoms with van der Waals surface area (Å²) in [5.74, 6) is 9.13. The average molecular weight is 1930 g/mol. The third kappa shape index (κ3) is 20.8. The van der Waals surface area contributed by atoms with Gasteiger partial charge in [0.2, 0.25) is 0 Å². The summed E-state index contributed by atoms with van der Waals surface area (Å²) < 4.78 is 40.6. The molecule has 746 valence electrons. The minimum Gasteiger partial charge on any atom is -0.492 e. The molecular weight excluding hydrogens is 1790 g/mol. The predicted molar refractivity (Wildman–Crippen MR) is 567 cm³/mol. The van der Waals surface area contributed by atoms with Crippen LogP contribution in [-0.4, -0.2) is 313 Å². The van der Waals surface area contributed by atoms with Crippen molar-refractivity contribution in [3.63, 3.8) is 0 Å². The second kappa shape index (κ2) is 41.2. The van der Waals surface area contributed by atoms with Crippen molar-refractivity contribution in [2.24, 2.45) is 0 Å². The van der Waals surface area contributed by atoms with Crippen LogP contribution in [-0.2, 0) is 0 Å². The van der Waals surface area contributed by atoms with Gasteiger partial charge in [-0.1, -0.05) is 43.8 Å². The van der Waals surface area contributed by atoms with E-state index < -0.39 is 0 Å². The standard InChI is InChI=1S/2C25H32N6O.C21H25N5O.C20H23N5O.C19H21N5O.CH4/c1-17-4-7-20-12-21(17)22-13-27-31-10-8-23(28-24(22)31)26-9-11-29-16-25(2,3)30(18-5-6-18)14-19(29)15-32-20;1-5-10-30-15-19-16-32-20-7-6-18(2)21(13-20)22-14-27-31-11-8-23(28-24(22)31)26-9-12-29(19)17-25(30,3)4;1-15-5-6-16-12-18(15)19-13-23-21-8-7-20(24-26(19)21)22-9-11-25-10-3-2-4-17(14-25)27-16;1-14-3-4-16-11-17(14)18-12-21-25-8-6-19(22-20(18)25)23(2)15-5-7-24(13-15)9-10-26-16;1-13-2-3-15-10-16(13)17-11-20-24-7-5-18(22-19(17)24)21-14-4-6-23(12-14)8-9-25-15;/h4,7-8,10,12-13,18-19H,5-6,9,11,14-16H2,1-3H3,(H,26,28);5-8,11,13-14,19H,1,9-10,12,15-17H2,2-4H3,(H,26,28);5-8,12-13,17H,2-4,9-11,14H2,1H3,(H,22,24);3-4,6,8,11-12,15H,5,7,9-10,13H2,1-2H3;2-3,5,7,10-11,14H,4,6,8-9,12H2,1H3,(H,21,22);1H4/t2*19-;17-;15-;14-;/m00111./s1. The Labute approximate surface area is 837 Å². The molecule has 32 nitrogen and oxygen atoms in total. The summed E-state index contributed by atoms with van der Waals surface area (Å²) in [4.78, 5) is 44.3. The molecule has 10 aromatic heterocycles. The highest BCUT2D eigenvalue weighted by atomic mass is 16.5. The number of aromatic nitrogens is 15. The summed E-state index contributed by atoms with van der Waals surface area (Å²) in [6.07, 6.45) is 28.2. The zero-order valence-corrected chi connectivity index (χ0v) is 83.6. The highest BCUT2D eigenvalue weighted by molar-refractivity contribution is 5.84. The third-order valence-electron chi connectivity index (χ3n) is 30.5. The molecule has 26 rings (SSSR count). The van der Waals surface area contributed by atoms with Crippen LogP contribution in [0.2, 0.25) is 0 Å². The number of piperazine rings is 2. The van der Waals surface area contributed by atoms with Gasteiger partial charge >= 0.3 is 0 Å². The number of benzene rings is 5. The van der Waals surface area contributed by atoms with E-state index in [1.807, 2.05) is 121 Å². The lowest BCUT2D eigenvalue weighted by molar-refractivity contribution is -0.0341. The van der Waals surface area contributed by atoms with Gasteiger partial charge in [0, 0.05) is 207 Å². The monoisotopic (exact) mass is 1930 g/mol. The van der Waals surface area contributed by atoms with Crippen LogP contribution in [0.1, 0.15) is 108 Å². The molecule has 5 aromatic carbocycles. The van der Waals surface area contributed by atoms with Crippen LogP contribution in [0.3, 0.4) is 0 Å². The molecular formula is C111H137N27O5. The maximum Gasteiger partial charge on any atom is 0.165 e. The van der Waals surface area contributed by atoms with Gasteiger partial charge in [-0.25, -0.2) is 47.5 Å². The fourth-order valence-electron chi connectivity index (χ4n) is 22.2. The first kappa shape index (κ1) is 95.8. The van der Waals surface area contributed by atoms with E-state index in [0.717, 1.165) is 291 Å². The topological polar surface area (TPSA) is 271 Å². The lowest BCUT2D eigenvalue weighted by Gasteiger charge is -2.51. The van der Waals surface area contributed by atoms with Crippen LogP contribution in [0.25, 0.3) is 84.0 Å². The van der Waals surface area contributed by atoms with Crippen molar-refractivity contribution in [1.29, 1.82) is 0 Å². The SMILES string of the molecule is C.C=CCN1C[C@H]2COc3ccc(C)c(c3)-c3cnn4ccc(nc34)NCCN2CC1(C)C.Cc1ccc2cc1-c1cnc3ccc(nn13)NCCN1CCCC[C@H](C1)O2.Cc1ccc2cc1-c1cnn3ccc(nc13)N(C)[C@@H]1CCN(CCO2)C1.Cc1ccc2cc1-c1cnn3ccc(nc13)NCCN1CC(C)(C)N(C3CC3)C[C@H]1CO2.Cc1ccc2cc1-c1cnn3ccc(nc13)N[C@@H]1CCN(CCO2)C1. The molecule has 1 saturated carbocycles. The number of imidazole rings is 1.